The minimum atomic E-state index is 0.173. The van der Waals surface area contributed by atoms with Crippen LogP contribution in [0.5, 0.6) is 0 Å². The molecule has 0 radical (unpaired) electrons. The lowest BCUT2D eigenvalue weighted by atomic mass is 10.1. The van der Waals surface area contributed by atoms with Crippen molar-refractivity contribution >= 4 is 17.4 Å². The molecular formula is C15H18ClN3. The van der Waals surface area contributed by atoms with Gasteiger partial charge in [0, 0.05) is 18.0 Å². The SMILES string of the molecule is CC(C)c1nc(Cl)cc(NC(C)c2ccccc2)n1. The van der Waals surface area contributed by atoms with E-state index in [9.17, 15) is 0 Å². The van der Waals surface area contributed by atoms with E-state index in [-0.39, 0.29) is 12.0 Å². The molecule has 0 saturated heterocycles. The van der Waals surface area contributed by atoms with Crippen LogP contribution in [0.2, 0.25) is 5.15 Å². The number of aromatic nitrogens is 2. The zero-order valence-corrected chi connectivity index (χ0v) is 12.1. The number of hydrogen-bond acceptors (Lipinski definition) is 3. The summed E-state index contributed by atoms with van der Waals surface area (Å²) in [5, 5.41) is 3.83. The fourth-order valence-corrected chi connectivity index (χ4v) is 2.00. The molecule has 0 aliphatic rings. The highest BCUT2D eigenvalue weighted by atomic mass is 35.5. The topological polar surface area (TPSA) is 37.8 Å². The molecular weight excluding hydrogens is 258 g/mol. The Morgan fingerprint density at radius 1 is 1.05 bits per heavy atom. The molecule has 1 N–H and O–H groups in total. The number of halogens is 1. The van der Waals surface area contributed by atoms with Gasteiger partial charge in [-0.15, -0.1) is 0 Å². The van der Waals surface area contributed by atoms with Crippen molar-refractivity contribution in [1.29, 1.82) is 0 Å². The number of nitrogens with one attached hydrogen (secondary N) is 1. The minimum absolute atomic E-state index is 0.173. The molecule has 0 amide bonds. The Morgan fingerprint density at radius 3 is 2.37 bits per heavy atom. The standard InChI is InChI=1S/C15H18ClN3/c1-10(2)15-18-13(16)9-14(19-15)17-11(3)12-7-5-4-6-8-12/h4-11H,1-3H3,(H,17,18,19). The Bertz CT molecular complexity index is 540. The molecule has 3 nitrogen and oxygen atoms in total. The molecule has 100 valence electrons. The van der Waals surface area contributed by atoms with Crippen LogP contribution in [0.1, 0.15) is 44.1 Å². The number of nitrogens with zero attached hydrogens (tertiary/aromatic N) is 2. The quantitative estimate of drug-likeness (QED) is 0.839. The maximum atomic E-state index is 6.03. The molecule has 1 aromatic heterocycles. The van der Waals surface area contributed by atoms with Crippen molar-refractivity contribution in [3.63, 3.8) is 0 Å². The highest BCUT2D eigenvalue weighted by Crippen LogP contribution is 2.21. The van der Waals surface area contributed by atoms with Gasteiger partial charge in [0.15, 0.2) is 0 Å². The van der Waals surface area contributed by atoms with Crippen LogP contribution in [-0.4, -0.2) is 9.97 Å². The normalized spacial score (nSPS) is 12.5. The molecule has 0 fully saturated rings. The van der Waals surface area contributed by atoms with Gasteiger partial charge in [0.25, 0.3) is 0 Å². The summed E-state index contributed by atoms with van der Waals surface area (Å²) in [5.41, 5.74) is 1.21. The van der Waals surface area contributed by atoms with Gasteiger partial charge < -0.3 is 5.32 Å². The van der Waals surface area contributed by atoms with Crippen LogP contribution >= 0.6 is 11.6 Å². The lowest BCUT2D eigenvalue weighted by Crippen LogP contribution is -2.10. The molecule has 1 heterocycles. The Hall–Kier alpha value is -1.61. The third-order valence-electron chi connectivity index (χ3n) is 2.89. The van der Waals surface area contributed by atoms with Crippen molar-refractivity contribution in [1.82, 2.24) is 9.97 Å². The van der Waals surface area contributed by atoms with Gasteiger partial charge in [-0.25, -0.2) is 9.97 Å². The van der Waals surface area contributed by atoms with Gasteiger partial charge in [-0.3, -0.25) is 0 Å². The van der Waals surface area contributed by atoms with E-state index in [2.05, 4.69) is 48.2 Å². The average Bonchev–Trinajstić information content (AvgIpc) is 2.39. The first-order valence-corrected chi connectivity index (χ1v) is 6.80. The summed E-state index contributed by atoms with van der Waals surface area (Å²) in [4.78, 5) is 8.72. The van der Waals surface area contributed by atoms with Crippen LogP contribution in [-0.2, 0) is 0 Å². The second-order valence-electron chi connectivity index (χ2n) is 4.87. The molecule has 0 bridgehead atoms. The van der Waals surface area contributed by atoms with Crippen molar-refractivity contribution in [2.45, 2.75) is 32.7 Å². The van der Waals surface area contributed by atoms with Gasteiger partial charge >= 0.3 is 0 Å². The maximum absolute atomic E-state index is 6.03. The van der Waals surface area contributed by atoms with Gasteiger partial charge in [-0.2, -0.15) is 0 Å². The summed E-state index contributed by atoms with van der Waals surface area (Å²) >= 11 is 6.03. The lowest BCUT2D eigenvalue weighted by Gasteiger charge is -2.16. The molecule has 1 aromatic carbocycles. The monoisotopic (exact) mass is 275 g/mol. The zero-order valence-electron chi connectivity index (χ0n) is 11.4. The molecule has 1 unspecified atom stereocenters. The second-order valence-corrected chi connectivity index (χ2v) is 5.25. The molecule has 19 heavy (non-hydrogen) atoms. The van der Waals surface area contributed by atoms with Crippen LogP contribution in [0, 0.1) is 0 Å². The summed E-state index contributed by atoms with van der Waals surface area (Å²) in [6.45, 7) is 6.20. The van der Waals surface area contributed by atoms with E-state index in [0.717, 1.165) is 11.6 Å². The van der Waals surface area contributed by atoms with E-state index < -0.39 is 0 Å². The Kier molecular flexibility index (Phi) is 4.38. The van der Waals surface area contributed by atoms with E-state index in [0.29, 0.717) is 5.15 Å². The van der Waals surface area contributed by atoms with Crippen LogP contribution in [0.4, 0.5) is 5.82 Å². The van der Waals surface area contributed by atoms with Crippen LogP contribution in [0.25, 0.3) is 0 Å². The van der Waals surface area contributed by atoms with Gasteiger partial charge in [0.2, 0.25) is 0 Å². The molecule has 0 saturated carbocycles. The maximum Gasteiger partial charge on any atom is 0.135 e. The zero-order chi connectivity index (χ0) is 13.8. The van der Waals surface area contributed by atoms with E-state index >= 15 is 0 Å². The smallest absolute Gasteiger partial charge is 0.135 e. The predicted octanol–water partition coefficient (Wildman–Crippen LogP) is 4.43. The van der Waals surface area contributed by atoms with Crippen molar-refractivity contribution in [3.05, 3.63) is 52.9 Å². The molecule has 2 aromatic rings. The first kappa shape index (κ1) is 13.8. The summed E-state index contributed by atoms with van der Waals surface area (Å²) in [5.74, 6) is 1.78. The molecule has 1 atom stereocenters. The highest BCUT2D eigenvalue weighted by molar-refractivity contribution is 6.29. The van der Waals surface area contributed by atoms with Crippen molar-refractivity contribution in [2.75, 3.05) is 5.32 Å². The fraction of sp³-hybridized carbons (Fsp3) is 0.333. The Balaban J connectivity index is 2.19. The fourth-order valence-electron chi connectivity index (χ4n) is 1.81. The van der Waals surface area contributed by atoms with Gasteiger partial charge in [-0.1, -0.05) is 55.8 Å². The molecule has 0 spiro atoms. The molecule has 4 heteroatoms. The Morgan fingerprint density at radius 2 is 1.74 bits per heavy atom. The number of rotatable bonds is 4. The molecule has 0 aliphatic heterocycles. The summed E-state index contributed by atoms with van der Waals surface area (Å²) < 4.78 is 0. The largest absolute Gasteiger partial charge is 0.363 e. The second kappa shape index (κ2) is 6.02. The first-order chi connectivity index (χ1) is 9.06. The Labute approximate surface area is 119 Å². The minimum Gasteiger partial charge on any atom is -0.363 e. The van der Waals surface area contributed by atoms with Gasteiger partial charge in [0.05, 0.1) is 0 Å². The summed E-state index contributed by atoms with van der Waals surface area (Å²) in [7, 11) is 0. The van der Waals surface area contributed by atoms with Crippen molar-refractivity contribution in [2.24, 2.45) is 0 Å². The molecule has 0 aliphatic carbocycles. The number of anilines is 1. The third kappa shape index (κ3) is 3.67. The third-order valence-corrected chi connectivity index (χ3v) is 3.09. The van der Waals surface area contributed by atoms with Crippen LogP contribution in [0.3, 0.4) is 0 Å². The average molecular weight is 276 g/mol. The predicted molar refractivity (Wildman–Crippen MR) is 79.6 cm³/mol. The van der Waals surface area contributed by atoms with E-state index in [1.807, 2.05) is 18.2 Å². The highest BCUT2D eigenvalue weighted by Gasteiger charge is 2.10. The van der Waals surface area contributed by atoms with E-state index in [1.165, 1.54) is 5.56 Å². The summed E-state index contributed by atoms with van der Waals surface area (Å²) in [6, 6.07) is 12.2. The van der Waals surface area contributed by atoms with E-state index in [4.69, 9.17) is 11.6 Å². The van der Waals surface area contributed by atoms with Crippen molar-refractivity contribution < 1.29 is 0 Å². The number of benzene rings is 1. The van der Waals surface area contributed by atoms with Gasteiger partial charge in [-0.05, 0) is 12.5 Å². The van der Waals surface area contributed by atoms with E-state index in [1.54, 1.807) is 6.07 Å². The first-order valence-electron chi connectivity index (χ1n) is 6.42. The summed E-state index contributed by atoms with van der Waals surface area (Å²) in [6.07, 6.45) is 0. The lowest BCUT2D eigenvalue weighted by molar-refractivity contribution is 0.768. The number of hydrogen-bond donors (Lipinski definition) is 1. The van der Waals surface area contributed by atoms with Crippen LogP contribution < -0.4 is 5.32 Å². The van der Waals surface area contributed by atoms with Crippen molar-refractivity contribution in [3.8, 4) is 0 Å². The van der Waals surface area contributed by atoms with Gasteiger partial charge in [0.1, 0.15) is 16.8 Å². The molecule has 2 rings (SSSR count). The van der Waals surface area contributed by atoms with Crippen LogP contribution in [0.15, 0.2) is 36.4 Å².